The molecule has 1 aliphatic heterocycles. The lowest BCUT2D eigenvalue weighted by Gasteiger charge is -2.30. The molecular formula is C13H17N3OS. The first-order valence-corrected chi connectivity index (χ1v) is 6.94. The molecule has 3 rings (SSSR count). The third kappa shape index (κ3) is 1.61. The Hall–Kier alpha value is -1.20. The Morgan fingerprint density at radius 1 is 1.28 bits per heavy atom. The Bertz CT molecular complexity index is 575. The summed E-state index contributed by atoms with van der Waals surface area (Å²) in [6, 6.07) is 2.05. The van der Waals surface area contributed by atoms with E-state index in [4.69, 9.17) is 0 Å². The molecule has 1 aliphatic rings. The maximum atomic E-state index is 10.5. The van der Waals surface area contributed by atoms with Crippen molar-refractivity contribution in [1.82, 2.24) is 9.97 Å². The fourth-order valence-electron chi connectivity index (χ4n) is 2.47. The van der Waals surface area contributed by atoms with Gasteiger partial charge in [-0.2, -0.15) is 0 Å². The van der Waals surface area contributed by atoms with Gasteiger partial charge in [0.05, 0.1) is 11.0 Å². The molecule has 1 saturated heterocycles. The van der Waals surface area contributed by atoms with Crippen LogP contribution >= 0.6 is 11.3 Å². The van der Waals surface area contributed by atoms with Crippen molar-refractivity contribution < 1.29 is 5.11 Å². The van der Waals surface area contributed by atoms with Gasteiger partial charge in [-0.1, -0.05) is 13.8 Å². The maximum absolute atomic E-state index is 10.5. The van der Waals surface area contributed by atoms with Gasteiger partial charge in [0.1, 0.15) is 17.0 Å². The van der Waals surface area contributed by atoms with Crippen LogP contribution < -0.4 is 4.90 Å². The van der Waals surface area contributed by atoms with E-state index in [9.17, 15) is 5.11 Å². The zero-order chi connectivity index (χ0) is 13.0. The summed E-state index contributed by atoms with van der Waals surface area (Å²) in [6.45, 7) is 7.51. The van der Waals surface area contributed by atoms with E-state index in [1.54, 1.807) is 17.7 Å². The summed E-state index contributed by atoms with van der Waals surface area (Å²) in [4.78, 5) is 11.8. The second-order valence-electron chi connectivity index (χ2n) is 5.85. The van der Waals surface area contributed by atoms with Crippen LogP contribution in [0.3, 0.4) is 0 Å². The highest BCUT2D eigenvalue weighted by Crippen LogP contribution is 2.41. The van der Waals surface area contributed by atoms with Crippen LogP contribution in [0, 0.1) is 5.41 Å². The normalized spacial score (nSPS) is 27.0. The van der Waals surface area contributed by atoms with Crippen LogP contribution in [0.4, 0.5) is 5.82 Å². The molecule has 1 unspecified atom stereocenters. The summed E-state index contributed by atoms with van der Waals surface area (Å²) in [5, 5.41) is 13.6. The minimum Gasteiger partial charge on any atom is -0.388 e. The number of anilines is 1. The zero-order valence-electron chi connectivity index (χ0n) is 10.8. The second-order valence-corrected chi connectivity index (χ2v) is 6.75. The lowest BCUT2D eigenvalue weighted by molar-refractivity contribution is -0.00890. The summed E-state index contributed by atoms with van der Waals surface area (Å²) in [5.41, 5.74) is -0.833. The lowest BCUT2D eigenvalue weighted by Crippen LogP contribution is -2.40. The smallest absolute Gasteiger partial charge is 0.140 e. The Kier molecular flexibility index (Phi) is 2.40. The molecule has 18 heavy (non-hydrogen) atoms. The highest BCUT2D eigenvalue weighted by molar-refractivity contribution is 7.16. The molecule has 96 valence electrons. The molecule has 0 aliphatic carbocycles. The predicted molar refractivity (Wildman–Crippen MR) is 74.0 cm³/mol. The first-order valence-electron chi connectivity index (χ1n) is 6.06. The average Bonchev–Trinajstić information content (AvgIpc) is 2.81. The van der Waals surface area contributed by atoms with Gasteiger partial charge < -0.3 is 10.0 Å². The van der Waals surface area contributed by atoms with E-state index < -0.39 is 5.60 Å². The molecule has 0 bridgehead atoms. The molecule has 0 saturated carbocycles. The number of thiophene rings is 1. The molecule has 5 heteroatoms. The molecule has 1 fully saturated rings. The zero-order valence-corrected chi connectivity index (χ0v) is 11.7. The molecule has 2 aromatic rings. The number of hydrogen-bond donors (Lipinski definition) is 1. The summed E-state index contributed by atoms with van der Waals surface area (Å²) >= 11 is 1.62. The SMILES string of the molecule is CC1(C)CN(c2ncnc3sccc23)CC1(C)O. The summed E-state index contributed by atoms with van der Waals surface area (Å²) in [6.07, 6.45) is 1.61. The Labute approximate surface area is 110 Å². The molecule has 3 heterocycles. The minimum atomic E-state index is -0.694. The first kappa shape index (κ1) is 11.9. The molecular weight excluding hydrogens is 246 g/mol. The Balaban J connectivity index is 2.05. The highest BCUT2D eigenvalue weighted by Gasteiger charge is 2.48. The van der Waals surface area contributed by atoms with Crippen LogP contribution in [0.5, 0.6) is 0 Å². The fourth-order valence-corrected chi connectivity index (χ4v) is 3.20. The molecule has 0 radical (unpaired) electrons. The van der Waals surface area contributed by atoms with Crippen LogP contribution in [0.1, 0.15) is 20.8 Å². The highest BCUT2D eigenvalue weighted by atomic mass is 32.1. The van der Waals surface area contributed by atoms with Crippen LogP contribution in [0.25, 0.3) is 10.2 Å². The lowest BCUT2D eigenvalue weighted by atomic mass is 9.79. The van der Waals surface area contributed by atoms with Crippen molar-refractivity contribution in [2.24, 2.45) is 5.41 Å². The van der Waals surface area contributed by atoms with Gasteiger partial charge in [-0.15, -0.1) is 11.3 Å². The maximum Gasteiger partial charge on any atom is 0.140 e. The van der Waals surface area contributed by atoms with Crippen molar-refractivity contribution in [1.29, 1.82) is 0 Å². The van der Waals surface area contributed by atoms with Crippen molar-refractivity contribution in [3.8, 4) is 0 Å². The van der Waals surface area contributed by atoms with Crippen LogP contribution in [-0.2, 0) is 0 Å². The molecule has 1 atom stereocenters. The Morgan fingerprint density at radius 2 is 2.06 bits per heavy atom. The monoisotopic (exact) mass is 263 g/mol. The van der Waals surface area contributed by atoms with Gasteiger partial charge in [0.15, 0.2) is 0 Å². The summed E-state index contributed by atoms with van der Waals surface area (Å²) in [5.74, 6) is 0.937. The van der Waals surface area contributed by atoms with Gasteiger partial charge in [0.2, 0.25) is 0 Å². The predicted octanol–water partition coefficient (Wildman–Crippen LogP) is 2.29. The fraction of sp³-hybridized carbons (Fsp3) is 0.538. The Morgan fingerprint density at radius 3 is 2.72 bits per heavy atom. The number of fused-ring (bicyclic) bond motifs is 1. The number of hydrogen-bond acceptors (Lipinski definition) is 5. The van der Waals surface area contributed by atoms with Gasteiger partial charge in [0.25, 0.3) is 0 Å². The summed E-state index contributed by atoms with van der Waals surface area (Å²) in [7, 11) is 0. The topological polar surface area (TPSA) is 49.2 Å². The number of β-amino-alcohol motifs (C(OH)–C–C–N with tert-alkyl or cyclic N) is 1. The summed E-state index contributed by atoms with van der Waals surface area (Å²) < 4.78 is 0. The van der Waals surface area contributed by atoms with Crippen molar-refractivity contribution >= 4 is 27.4 Å². The molecule has 1 N–H and O–H groups in total. The number of aromatic nitrogens is 2. The molecule has 0 aromatic carbocycles. The van der Waals surface area contributed by atoms with Crippen molar-refractivity contribution in [2.75, 3.05) is 18.0 Å². The molecule has 0 amide bonds. The standard InChI is InChI=1S/C13H17N3OS/c1-12(2)6-16(7-13(12,3)17)10-9-4-5-18-11(9)15-8-14-10/h4-5,8,17H,6-7H2,1-3H3. The molecule has 4 nitrogen and oxygen atoms in total. The van der Waals surface area contributed by atoms with Gasteiger partial charge >= 0.3 is 0 Å². The second kappa shape index (κ2) is 3.65. The van der Waals surface area contributed by atoms with E-state index in [1.807, 2.05) is 12.3 Å². The van der Waals surface area contributed by atoms with E-state index in [-0.39, 0.29) is 5.41 Å². The van der Waals surface area contributed by atoms with E-state index in [1.165, 1.54) is 0 Å². The third-order valence-electron chi connectivity index (χ3n) is 4.08. The minimum absolute atomic E-state index is 0.139. The van der Waals surface area contributed by atoms with E-state index >= 15 is 0 Å². The van der Waals surface area contributed by atoms with Gasteiger partial charge in [0, 0.05) is 18.5 Å². The first-order chi connectivity index (χ1) is 8.41. The van der Waals surface area contributed by atoms with Crippen molar-refractivity contribution in [3.05, 3.63) is 17.8 Å². The van der Waals surface area contributed by atoms with E-state index in [0.717, 1.165) is 22.6 Å². The number of aliphatic hydroxyl groups is 1. The van der Waals surface area contributed by atoms with Crippen LogP contribution in [0.2, 0.25) is 0 Å². The van der Waals surface area contributed by atoms with Gasteiger partial charge in [-0.25, -0.2) is 9.97 Å². The van der Waals surface area contributed by atoms with Gasteiger partial charge in [-0.05, 0) is 18.4 Å². The van der Waals surface area contributed by atoms with E-state index in [0.29, 0.717) is 6.54 Å². The van der Waals surface area contributed by atoms with Crippen LogP contribution in [0.15, 0.2) is 17.8 Å². The van der Waals surface area contributed by atoms with Gasteiger partial charge in [-0.3, -0.25) is 0 Å². The average molecular weight is 263 g/mol. The number of rotatable bonds is 1. The quantitative estimate of drug-likeness (QED) is 0.857. The number of nitrogens with zero attached hydrogens (tertiary/aromatic N) is 3. The van der Waals surface area contributed by atoms with Crippen LogP contribution in [-0.4, -0.2) is 33.8 Å². The molecule has 2 aromatic heterocycles. The van der Waals surface area contributed by atoms with Crippen molar-refractivity contribution in [2.45, 2.75) is 26.4 Å². The third-order valence-corrected chi connectivity index (χ3v) is 4.90. The molecule has 0 spiro atoms. The largest absolute Gasteiger partial charge is 0.388 e. The van der Waals surface area contributed by atoms with E-state index in [2.05, 4.69) is 34.8 Å². The van der Waals surface area contributed by atoms with Crippen molar-refractivity contribution in [3.63, 3.8) is 0 Å².